The maximum atomic E-state index is 13.2. The summed E-state index contributed by atoms with van der Waals surface area (Å²) in [5, 5.41) is 3.37. The molecule has 8 heteroatoms. The van der Waals surface area contributed by atoms with Gasteiger partial charge in [-0.1, -0.05) is 18.2 Å². The first-order chi connectivity index (χ1) is 13.9. The highest BCUT2D eigenvalue weighted by atomic mass is 32.1. The number of rotatable bonds is 4. The minimum absolute atomic E-state index is 0.197. The summed E-state index contributed by atoms with van der Waals surface area (Å²) in [4.78, 5) is 30.3. The largest absolute Gasteiger partial charge is 0.461 e. The molecule has 1 aromatic carbocycles. The fraction of sp³-hybridized carbons (Fsp3) is 0.0952. The number of nitrogens with two attached hydrogens (primary N) is 2. The average molecular weight is 406 g/mol. The SMILES string of the molecule is Cc1ccc(-c2c(C(=O)Nc3ccccc3)c(C)nc3sc(C(N)=O)c(N)c23)o1. The molecule has 5 N–H and O–H groups in total. The van der Waals surface area contributed by atoms with Crippen molar-refractivity contribution >= 4 is 44.7 Å². The van der Waals surface area contributed by atoms with Crippen LogP contribution in [0.2, 0.25) is 0 Å². The fourth-order valence-electron chi connectivity index (χ4n) is 3.26. The summed E-state index contributed by atoms with van der Waals surface area (Å²) in [6, 6.07) is 12.7. The van der Waals surface area contributed by atoms with Crippen LogP contribution in [0.4, 0.5) is 11.4 Å². The molecule has 0 unspecified atom stereocenters. The van der Waals surface area contributed by atoms with Gasteiger partial charge in [0.1, 0.15) is 21.2 Å². The highest BCUT2D eigenvalue weighted by molar-refractivity contribution is 7.21. The Bertz CT molecular complexity index is 1260. The Labute approximate surface area is 170 Å². The van der Waals surface area contributed by atoms with Crippen LogP contribution in [0.3, 0.4) is 0 Å². The first-order valence-electron chi connectivity index (χ1n) is 8.82. The standard InChI is InChI=1S/C21H18N4O3S/c1-10-8-9-13(28-10)15-14(20(27)25-12-6-4-3-5-7-12)11(2)24-21-16(15)17(22)18(29-21)19(23)26/h3-9H,22H2,1-2H3,(H2,23,26)(H,25,27). The van der Waals surface area contributed by atoms with Crippen molar-refractivity contribution < 1.29 is 14.0 Å². The number of anilines is 2. The Morgan fingerprint density at radius 1 is 1.10 bits per heavy atom. The van der Waals surface area contributed by atoms with Crippen molar-refractivity contribution in [2.24, 2.45) is 5.73 Å². The normalized spacial score (nSPS) is 11.0. The van der Waals surface area contributed by atoms with Gasteiger partial charge in [-0.2, -0.15) is 0 Å². The molecule has 0 spiro atoms. The van der Waals surface area contributed by atoms with Gasteiger partial charge in [-0.3, -0.25) is 9.59 Å². The number of pyridine rings is 1. The summed E-state index contributed by atoms with van der Waals surface area (Å²) < 4.78 is 5.82. The molecule has 0 saturated heterocycles. The van der Waals surface area contributed by atoms with Crippen LogP contribution in [-0.4, -0.2) is 16.8 Å². The number of carbonyl (C=O) groups excluding carboxylic acids is 2. The van der Waals surface area contributed by atoms with E-state index in [0.29, 0.717) is 44.2 Å². The van der Waals surface area contributed by atoms with Crippen molar-refractivity contribution in [3.05, 3.63) is 64.4 Å². The van der Waals surface area contributed by atoms with Crippen LogP contribution in [0.5, 0.6) is 0 Å². The van der Waals surface area contributed by atoms with Crippen molar-refractivity contribution in [1.82, 2.24) is 4.98 Å². The van der Waals surface area contributed by atoms with Crippen molar-refractivity contribution in [1.29, 1.82) is 0 Å². The Hall–Kier alpha value is -3.65. The number of hydrogen-bond acceptors (Lipinski definition) is 6. The molecule has 0 aliphatic heterocycles. The third-order valence-electron chi connectivity index (χ3n) is 4.53. The molecule has 7 nitrogen and oxygen atoms in total. The lowest BCUT2D eigenvalue weighted by Gasteiger charge is -2.13. The smallest absolute Gasteiger partial charge is 0.260 e. The van der Waals surface area contributed by atoms with Gasteiger partial charge < -0.3 is 21.2 Å². The van der Waals surface area contributed by atoms with E-state index in [1.807, 2.05) is 25.1 Å². The van der Waals surface area contributed by atoms with Gasteiger partial charge in [0.15, 0.2) is 0 Å². The molecule has 0 radical (unpaired) electrons. The minimum Gasteiger partial charge on any atom is -0.461 e. The second kappa shape index (κ2) is 7.06. The van der Waals surface area contributed by atoms with Crippen LogP contribution < -0.4 is 16.8 Å². The van der Waals surface area contributed by atoms with Crippen LogP contribution in [0.1, 0.15) is 31.5 Å². The fourth-order valence-corrected chi connectivity index (χ4v) is 4.26. The molecular formula is C21H18N4O3S. The summed E-state index contributed by atoms with van der Waals surface area (Å²) in [5.41, 5.74) is 13.9. The molecule has 0 saturated carbocycles. The Kier molecular flexibility index (Phi) is 4.56. The van der Waals surface area contributed by atoms with E-state index in [-0.39, 0.29) is 16.5 Å². The van der Waals surface area contributed by atoms with E-state index in [9.17, 15) is 9.59 Å². The number of fused-ring (bicyclic) bond motifs is 1. The molecule has 3 aromatic heterocycles. The zero-order valence-corrected chi connectivity index (χ0v) is 16.6. The van der Waals surface area contributed by atoms with E-state index in [1.54, 1.807) is 31.2 Å². The lowest BCUT2D eigenvalue weighted by Crippen LogP contribution is -2.16. The van der Waals surface area contributed by atoms with Crippen LogP contribution in [0.25, 0.3) is 21.5 Å². The lowest BCUT2D eigenvalue weighted by atomic mass is 9.99. The van der Waals surface area contributed by atoms with Gasteiger partial charge in [0.25, 0.3) is 11.8 Å². The van der Waals surface area contributed by atoms with Gasteiger partial charge in [-0.05, 0) is 38.1 Å². The molecule has 4 rings (SSSR count). The predicted molar refractivity (Wildman–Crippen MR) is 114 cm³/mol. The first-order valence-corrected chi connectivity index (χ1v) is 9.64. The maximum absolute atomic E-state index is 13.2. The highest BCUT2D eigenvalue weighted by Crippen LogP contribution is 2.42. The van der Waals surface area contributed by atoms with Crippen LogP contribution >= 0.6 is 11.3 Å². The summed E-state index contributed by atoms with van der Waals surface area (Å²) in [6.07, 6.45) is 0. The van der Waals surface area contributed by atoms with E-state index in [1.165, 1.54) is 0 Å². The monoisotopic (exact) mass is 406 g/mol. The Morgan fingerprint density at radius 2 is 1.83 bits per heavy atom. The number of benzene rings is 1. The van der Waals surface area contributed by atoms with Gasteiger partial charge in [0.2, 0.25) is 0 Å². The number of thiophene rings is 1. The third kappa shape index (κ3) is 3.23. The average Bonchev–Trinajstić information content (AvgIpc) is 3.25. The maximum Gasteiger partial charge on any atom is 0.260 e. The number of primary amides is 1. The second-order valence-corrected chi connectivity index (χ2v) is 7.57. The first kappa shape index (κ1) is 18.7. The molecule has 0 bridgehead atoms. The lowest BCUT2D eigenvalue weighted by molar-refractivity contribution is 0.100. The van der Waals surface area contributed by atoms with Crippen molar-refractivity contribution in [3.63, 3.8) is 0 Å². The number of carbonyl (C=O) groups is 2. The molecule has 0 aliphatic carbocycles. The van der Waals surface area contributed by atoms with Gasteiger partial charge in [-0.15, -0.1) is 11.3 Å². The summed E-state index contributed by atoms with van der Waals surface area (Å²) in [7, 11) is 0. The number of aryl methyl sites for hydroxylation is 2. The molecule has 0 fully saturated rings. The van der Waals surface area contributed by atoms with E-state index >= 15 is 0 Å². The highest BCUT2D eigenvalue weighted by Gasteiger charge is 2.27. The molecule has 0 atom stereocenters. The zero-order chi connectivity index (χ0) is 20.7. The zero-order valence-electron chi connectivity index (χ0n) is 15.8. The molecule has 3 heterocycles. The molecule has 29 heavy (non-hydrogen) atoms. The Balaban J connectivity index is 2.00. The Morgan fingerprint density at radius 3 is 2.45 bits per heavy atom. The van der Waals surface area contributed by atoms with Crippen molar-refractivity contribution in [2.75, 3.05) is 11.1 Å². The molecule has 0 aliphatic rings. The van der Waals surface area contributed by atoms with E-state index in [4.69, 9.17) is 15.9 Å². The number of amides is 2. The second-order valence-electron chi connectivity index (χ2n) is 6.57. The number of furan rings is 1. The summed E-state index contributed by atoms with van der Waals surface area (Å²) in [6.45, 7) is 3.54. The van der Waals surface area contributed by atoms with Gasteiger partial charge >= 0.3 is 0 Å². The summed E-state index contributed by atoms with van der Waals surface area (Å²) in [5.74, 6) is 0.163. The quantitative estimate of drug-likeness (QED) is 0.470. The van der Waals surface area contributed by atoms with E-state index in [2.05, 4.69) is 10.3 Å². The molecular weight excluding hydrogens is 388 g/mol. The van der Waals surface area contributed by atoms with Gasteiger partial charge in [0, 0.05) is 16.6 Å². The molecule has 4 aromatic rings. The van der Waals surface area contributed by atoms with E-state index in [0.717, 1.165) is 11.3 Å². The van der Waals surface area contributed by atoms with Crippen LogP contribution in [0.15, 0.2) is 46.9 Å². The molecule has 2 amide bonds. The van der Waals surface area contributed by atoms with E-state index < -0.39 is 5.91 Å². The topological polar surface area (TPSA) is 124 Å². The number of hydrogen-bond donors (Lipinski definition) is 3. The number of nitrogens with zero attached hydrogens (tertiary/aromatic N) is 1. The van der Waals surface area contributed by atoms with Gasteiger partial charge in [0.05, 0.1) is 16.9 Å². The van der Waals surface area contributed by atoms with Crippen LogP contribution in [-0.2, 0) is 0 Å². The number of aromatic nitrogens is 1. The van der Waals surface area contributed by atoms with Gasteiger partial charge in [-0.25, -0.2) is 4.98 Å². The minimum atomic E-state index is -0.639. The summed E-state index contributed by atoms with van der Waals surface area (Å²) >= 11 is 1.10. The predicted octanol–water partition coefficient (Wildman–Crippen LogP) is 4.11. The molecule has 146 valence electrons. The number of para-hydroxylation sites is 1. The number of nitrogen functional groups attached to an aromatic ring is 1. The van der Waals surface area contributed by atoms with Crippen LogP contribution in [0, 0.1) is 13.8 Å². The van der Waals surface area contributed by atoms with Crippen molar-refractivity contribution in [2.45, 2.75) is 13.8 Å². The third-order valence-corrected chi connectivity index (χ3v) is 5.64. The number of nitrogens with one attached hydrogen (secondary N) is 1. The van der Waals surface area contributed by atoms with Crippen molar-refractivity contribution in [3.8, 4) is 11.3 Å².